The molecule has 0 aliphatic carbocycles. The van der Waals surface area contributed by atoms with Crippen LogP contribution in [0.1, 0.15) is 10.4 Å². The van der Waals surface area contributed by atoms with Crippen LogP contribution in [0.4, 0.5) is 5.69 Å². The SMILES string of the molecule is COc1ccc(N2CCN(C(=O)COC(=O)c3ccccc3-c3nc4ccccc4[nH]3)CC2)cc1. The predicted octanol–water partition coefficient (Wildman–Crippen LogP) is 3.74. The second-order valence-corrected chi connectivity index (χ2v) is 8.29. The number of methoxy groups -OCH3 is 1. The number of fused-ring (bicyclic) bond motifs is 1. The number of rotatable bonds is 6. The highest BCUT2D eigenvalue weighted by atomic mass is 16.5. The number of hydrogen-bond donors (Lipinski definition) is 1. The molecule has 0 saturated carbocycles. The van der Waals surface area contributed by atoms with E-state index in [0.717, 1.165) is 22.5 Å². The maximum absolute atomic E-state index is 12.9. The van der Waals surface area contributed by atoms with E-state index in [1.165, 1.54) is 0 Å². The van der Waals surface area contributed by atoms with E-state index in [-0.39, 0.29) is 12.5 Å². The average Bonchev–Trinajstić information content (AvgIpc) is 3.36. The van der Waals surface area contributed by atoms with Crippen molar-refractivity contribution in [1.29, 1.82) is 0 Å². The molecule has 8 heteroatoms. The largest absolute Gasteiger partial charge is 0.497 e. The summed E-state index contributed by atoms with van der Waals surface area (Å²) in [6.45, 7) is 2.26. The fourth-order valence-corrected chi connectivity index (χ4v) is 4.25. The summed E-state index contributed by atoms with van der Waals surface area (Å²) in [5.74, 6) is 0.645. The Morgan fingerprint density at radius 2 is 1.63 bits per heavy atom. The van der Waals surface area contributed by atoms with Crippen LogP contribution < -0.4 is 9.64 Å². The van der Waals surface area contributed by atoms with Gasteiger partial charge in [-0.25, -0.2) is 9.78 Å². The van der Waals surface area contributed by atoms with Gasteiger partial charge in [0.15, 0.2) is 6.61 Å². The second kappa shape index (κ2) is 9.89. The van der Waals surface area contributed by atoms with Crippen LogP contribution in [0.3, 0.4) is 0 Å². The first-order chi connectivity index (χ1) is 17.1. The Morgan fingerprint density at radius 3 is 2.37 bits per heavy atom. The number of nitrogens with one attached hydrogen (secondary N) is 1. The molecule has 0 atom stereocenters. The lowest BCUT2D eigenvalue weighted by atomic mass is 10.1. The zero-order chi connectivity index (χ0) is 24.2. The van der Waals surface area contributed by atoms with Crippen molar-refractivity contribution in [2.24, 2.45) is 0 Å². The van der Waals surface area contributed by atoms with Gasteiger partial charge in [0.1, 0.15) is 11.6 Å². The third-order valence-electron chi connectivity index (χ3n) is 6.19. The van der Waals surface area contributed by atoms with Gasteiger partial charge in [0.25, 0.3) is 5.91 Å². The molecule has 3 aromatic carbocycles. The highest BCUT2D eigenvalue weighted by Crippen LogP contribution is 2.25. The quantitative estimate of drug-likeness (QED) is 0.432. The lowest BCUT2D eigenvalue weighted by molar-refractivity contribution is -0.134. The van der Waals surface area contributed by atoms with Gasteiger partial charge in [0.05, 0.1) is 23.7 Å². The normalized spacial score (nSPS) is 13.6. The van der Waals surface area contributed by atoms with Crippen molar-refractivity contribution in [1.82, 2.24) is 14.9 Å². The Hall–Kier alpha value is -4.33. The molecular formula is C27H26N4O4. The van der Waals surface area contributed by atoms with Crippen LogP contribution in [0.2, 0.25) is 0 Å². The van der Waals surface area contributed by atoms with Crippen molar-refractivity contribution >= 4 is 28.6 Å². The molecule has 0 bridgehead atoms. The minimum absolute atomic E-state index is 0.200. The first kappa shape index (κ1) is 22.5. The molecule has 2 heterocycles. The van der Waals surface area contributed by atoms with Crippen molar-refractivity contribution in [2.75, 3.05) is 44.8 Å². The third kappa shape index (κ3) is 4.82. The number of aromatic nitrogens is 2. The maximum Gasteiger partial charge on any atom is 0.339 e. The Morgan fingerprint density at radius 1 is 0.914 bits per heavy atom. The number of benzene rings is 3. The number of aromatic amines is 1. The summed E-state index contributed by atoms with van der Waals surface area (Å²) in [6.07, 6.45) is 0. The van der Waals surface area contributed by atoms with Crippen molar-refractivity contribution in [3.8, 4) is 17.1 Å². The summed E-state index contributed by atoms with van der Waals surface area (Å²) in [5.41, 5.74) is 3.79. The highest BCUT2D eigenvalue weighted by molar-refractivity contribution is 5.98. The molecule has 4 aromatic rings. The number of hydrogen-bond acceptors (Lipinski definition) is 6. The van der Waals surface area contributed by atoms with Crippen LogP contribution in [0, 0.1) is 0 Å². The summed E-state index contributed by atoms with van der Waals surface area (Å²) in [7, 11) is 1.64. The average molecular weight is 471 g/mol. The smallest absolute Gasteiger partial charge is 0.339 e. The molecule has 0 unspecified atom stereocenters. The molecule has 8 nitrogen and oxygen atoms in total. The summed E-state index contributed by atoms with van der Waals surface area (Å²) in [5, 5.41) is 0. The fourth-order valence-electron chi connectivity index (χ4n) is 4.25. The Bertz CT molecular complexity index is 1310. The Kier molecular flexibility index (Phi) is 6.34. The number of imidazole rings is 1. The second-order valence-electron chi connectivity index (χ2n) is 8.29. The molecular weight excluding hydrogens is 444 g/mol. The number of H-pyrrole nitrogens is 1. The number of piperazine rings is 1. The molecule has 1 saturated heterocycles. The van der Waals surface area contributed by atoms with Crippen molar-refractivity contribution in [3.05, 3.63) is 78.4 Å². The van der Waals surface area contributed by atoms with Crippen LogP contribution in [-0.4, -0.2) is 66.6 Å². The van der Waals surface area contributed by atoms with Gasteiger partial charge >= 0.3 is 5.97 Å². The molecule has 1 aromatic heterocycles. The zero-order valence-electron chi connectivity index (χ0n) is 19.4. The van der Waals surface area contributed by atoms with Crippen LogP contribution in [0.5, 0.6) is 5.75 Å². The van der Waals surface area contributed by atoms with Crippen molar-refractivity contribution < 1.29 is 19.1 Å². The number of para-hydroxylation sites is 2. The number of nitrogens with zero attached hydrogens (tertiary/aromatic N) is 3. The first-order valence-corrected chi connectivity index (χ1v) is 11.5. The summed E-state index contributed by atoms with van der Waals surface area (Å²) in [6, 6.07) is 22.7. The zero-order valence-corrected chi connectivity index (χ0v) is 19.4. The van der Waals surface area contributed by atoms with E-state index >= 15 is 0 Å². The molecule has 35 heavy (non-hydrogen) atoms. The van der Waals surface area contributed by atoms with E-state index < -0.39 is 5.97 Å². The lowest BCUT2D eigenvalue weighted by Gasteiger charge is -2.36. The predicted molar refractivity (Wildman–Crippen MR) is 134 cm³/mol. The molecule has 178 valence electrons. The number of carbonyl (C=O) groups is 2. The molecule has 1 fully saturated rings. The van der Waals surface area contributed by atoms with E-state index in [2.05, 4.69) is 14.9 Å². The summed E-state index contributed by atoms with van der Waals surface area (Å²) < 4.78 is 10.6. The van der Waals surface area contributed by atoms with Crippen LogP contribution in [0.15, 0.2) is 72.8 Å². The topological polar surface area (TPSA) is 87.8 Å². The minimum atomic E-state index is -0.550. The molecule has 1 aliphatic heterocycles. The van der Waals surface area contributed by atoms with E-state index in [1.807, 2.05) is 60.7 Å². The standard InChI is InChI=1S/C27H26N4O4/c1-34-20-12-10-19(11-13-20)30-14-16-31(17-15-30)25(32)18-35-27(33)22-7-3-2-6-21(22)26-28-23-8-4-5-9-24(23)29-26/h2-13H,14-18H2,1H3,(H,28,29). The van der Waals surface area contributed by atoms with E-state index in [1.54, 1.807) is 24.1 Å². The first-order valence-electron chi connectivity index (χ1n) is 11.5. The Labute approximate surface area is 203 Å². The Balaban J connectivity index is 1.19. The molecule has 1 aliphatic rings. The van der Waals surface area contributed by atoms with Crippen molar-refractivity contribution in [2.45, 2.75) is 0 Å². The van der Waals surface area contributed by atoms with E-state index in [4.69, 9.17) is 9.47 Å². The maximum atomic E-state index is 12.9. The van der Waals surface area contributed by atoms with Crippen LogP contribution >= 0.6 is 0 Å². The minimum Gasteiger partial charge on any atom is -0.497 e. The number of ether oxygens (including phenoxy) is 2. The van der Waals surface area contributed by atoms with Gasteiger partial charge < -0.3 is 24.3 Å². The van der Waals surface area contributed by atoms with Gasteiger partial charge in [0, 0.05) is 37.4 Å². The van der Waals surface area contributed by atoms with Gasteiger partial charge in [0.2, 0.25) is 0 Å². The van der Waals surface area contributed by atoms with Gasteiger partial charge in [-0.3, -0.25) is 4.79 Å². The molecule has 1 amide bonds. The van der Waals surface area contributed by atoms with Gasteiger partial charge in [-0.1, -0.05) is 30.3 Å². The monoisotopic (exact) mass is 470 g/mol. The molecule has 0 radical (unpaired) electrons. The molecule has 1 N–H and O–H groups in total. The van der Waals surface area contributed by atoms with Gasteiger partial charge in [-0.2, -0.15) is 0 Å². The van der Waals surface area contributed by atoms with E-state index in [0.29, 0.717) is 43.1 Å². The van der Waals surface area contributed by atoms with Crippen molar-refractivity contribution in [3.63, 3.8) is 0 Å². The van der Waals surface area contributed by atoms with Crippen LogP contribution in [0.25, 0.3) is 22.4 Å². The third-order valence-corrected chi connectivity index (χ3v) is 6.19. The lowest BCUT2D eigenvalue weighted by Crippen LogP contribution is -2.49. The summed E-state index contributed by atoms with van der Waals surface area (Å²) >= 11 is 0. The van der Waals surface area contributed by atoms with Gasteiger partial charge in [-0.15, -0.1) is 0 Å². The molecule has 0 spiro atoms. The number of anilines is 1. The molecule has 5 rings (SSSR count). The van der Waals surface area contributed by atoms with Crippen LogP contribution in [-0.2, 0) is 9.53 Å². The number of esters is 1. The van der Waals surface area contributed by atoms with E-state index in [9.17, 15) is 9.59 Å². The number of amides is 1. The number of carbonyl (C=O) groups excluding carboxylic acids is 2. The fraction of sp³-hybridized carbons (Fsp3) is 0.222. The summed E-state index contributed by atoms with van der Waals surface area (Å²) in [4.78, 5) is 37.4. The van der Waals surface area contributed by atoms with Gasteiger partial charge in [-0.05, 0) is 42.5 Å². The highest BCUT2D eigenvalue weighted by Gasteiger charge is 2.23.